The highest BCUT2D eigenvalue weighted by atomic mass is 35.5. The van der Waals surface area contributed by atoms with Crippen LogP contribution in [0.2, 0.25) is 5.02 Å². The van der Waals surface area contributed by atoms with E-state index in [-0.39, 0.29) is 24.1 Å². The van der Waals surface area contributed by atoms with Crippen LogP contribution in [0.3, 0.4) is 0 Å². The lowest BCUT2D eigenvalue weighted by molar-refractivity contribution is -0.137. The van der Waals surface area contributed by atoms with Gasteiger partial charge < -0.3 is 4.90 Å². The summed E-state index contributed by atoms with van der Waals surface area (Å²) in [6, 6.07) is 15.1. The Kier molecular flexibility index (Phi) is 5.95. The summed E-state index contributed by atoms with van der Waals surface area (Å²) in [5.41, 5.74) is 3.19. The van der Waals surface area contributed by atoms with Crippen LogP contribution < -0.4 is 0 Å². The fourth-order valence-corrected chi connectivity index (χ4v) is 5.96. The van der Waals surface area contributed by atoms with Gasteiger partial charge in [-0.2, -0.15) is 0 Å². The van der Waals surface area contributed by atoms with Crippen molar-refractivity contribution < 1.29 is 13.2 Å². The molecule has 0 saturated carbocycles. The van der Waals surface area contributed by atoms with Crippen LogP contribution in [0.25, 0.3) is 0 Å². The summed E-state index contributed by atoms with van der Waals surface area (Å²) in [6.45, 7) is 2.06. The first-order chi connectivity index (χ1) is 13.9. The summed E-state index contributed by atoms with van der Waals surface area (Å²) in [5.74, 6) is -0.262. The first kappa shape index (κ1) is 20.4. The first-order valence-corrected chi connectivity index (χ1v) is 12.0. The van der Waals surface area contributed by atoms with Crippen LogP contribution in [0.5, 0.6) is 0 Å². The standard InChI is InChI=1S/C22H25ClN2O3S/c23-21-9-7-17(8-10-21)16-29(27,28)25-12-3-6-20(15-25)22(26)24-13-11-18-4-1-2-5-19(18)14-24/h1-2,4-5,7-10,20H,3,6,11-16H2/t20-/m0/s1. The van der Waals surface area contributed by atoms with Gasteiger partial charge in [-0.3, -0.25) is 4.79 Å². The second-order valence-corrected chi connectivity index (χ2v) is 10.3. The molecule has 0 aromatic heterocycles. The van der Waals surface area contributed by atoms with E-state index in [9.17, 15) is 13.2 Å². The molecule has 2 aliphatic heterocycles. The molecule has 2 aliphatic rings. The van der Waals surface area contributed by atoms with E-state index in [0.717, 1.165) is 12.8 Å². The number of rotatable bonds is 4. The molecular formula is C22H25ClN2O3S. The Bertz CT molecular complexity index is 991. The largest absolute Gasteiger partial charge is 0.338 e. The molecule has 7 heteroatoms. The van der Waals surface area contributed by atoms with Gasteiger partial charge in [-0.25, -0.2) is 12.7 Å². The molecule has 2 aromatic carbocycles. The van der Waals surface area contributed by atoms with Gasteiger partial charge in [0.1, 0.15) is 0 Å². The van der Waals surface area contributed by atoms with Crippen molar-refractivity contribution >= 4 is 27.5 Å². The van der Waals surface area contributed by atoms with Crippen molar-refractivity contribution in [2.45, 2.75) is 31.6 Å². The van der Waals surface area contributed by atoms with Crippen molar-refractivity contribution in [3.05, 3.63) is 70.2 Å². The molecular weight excluding hydrogens is 408 g/mol. The van der Waals surface area contributed by atoms with E-state index < -0.39 is 10.0 Å². The number of piperidine rings is 1. The van der Waals surface area contributed by atoms with E-state index in [1.807, 2.05) is 17.0 Å². The molecule has 4 rings (SSSR count). The Hall–Kier alpha value is -1.89. The van der Waals surface area contributed by atoms with Gasteiger partial charge in [0.05, 0.1) is 11.7 Å². The van der Waals surface area contributed by atoms with Crippen molar-refractivity contribution in [1.82, 2.24) is 9.21 Å². The summed E-state index contributed by atoms with van der Waals surface area (Å²) in [7, 11) is -3.48. The molecule has 1 fully saturated rings. The average molecular weight is 433 g/mol. The number of hydrogen-bond acceptors (Lipinski definition) is 3. The van der Waals surface area contributed by atoms with Crippen molar-refractivity contribution in [2.24, 2.45) is 5.92 Å². The number of fused-ring (bicyclic) bond motifs is 1. The minimum atomic E-state index is -3.48. The van der Waals surface area contributed by atoms with Crippen LogP contribution in [-0.4, -0.2) is 43.2 Å². The summed E-state index contributed by atoms with van der Waals surface area (Å²) in [4.78, 5) is 15.0. The van der Waals surface area contributed by atoms with E-state index in [0.29, 0.717) is 36.6 Å². The fourth-order valence-electron chi connectivity index (χ4n) is 4.22. The minimum absolute atomic E-state index is 0.0673. The molecule has 0 bridgehead atoms. The topological polar surface area (TPSA) is 57.7 Å². The van der Waals surface area contributed by atoms with Gasteiger partial charge in [0.15, 0.2) is 0 Å². The van der Waals surface area contributed by atoms with Crippen LogP contribution in [0.15, 0.2) is 48.5 Å². The Morgan fingerprint density at radius 2 is 1.76 bits per heavy atom. The van der Waals surface area contributed by atoms with Gasteiger partial charge >= 0.3 is 0 Å². The molecule has 0 N–H and O–H groups in total. The maximum absolute atomic E-state index is 13.1. The zero-order valence-electron chi connectivity index (χ0n) is 16.3. The van der Waals surface area contributed by atoms with Crippen LogP contribution in [0.1, 0.15) is 29.5 Å². The molecule has 0 radical (unpaired) electrons. The van der Waals surface area contributed by atoms with Gasteiger partial charge in [0, 0.05) is 31.2 Å². The van der Waals surface area contributed by atoms with Gasteiger partial charge in [-0.05, 0) is 48.1 Å². The number of hydrogen-bond donors (Lipinski definition) is 0. The lowest BCUT2D eigenvalue weighted by atomic mass is 9.95. The SMILES string of the molecule is O=C([C@H]1CCCN(S(=O)(=O)Cc2ccc(Cl)cc2)C1)N1CCc2ccccc2C1. The summed E-state index contributed by atoms with van der Waals surface area (Å²) >= 11 is 5.89. The van der Waals surface area contributed by atoms with E-state index >= 15 is 0 Å². The number of carbonyl (C=O) groups is 1. The molecule has 0 spiro atoms. The maximum Gasteiger partial charge on any atom is 0.227 e. The Labute approximate surface area is 177 Å². The zero-order valence-corrected chi connectivity index (χ0v) is 17.8. The highest BCUT2D eigenvalue weighted by Gasteiger charge is 2.35. The number of carbonyl (C=O) groups excluding carboxylic acids is 1. The lowest BCUT2D eigenvalue weighted by Crippen LogP contribution is -2.48. The Balaban J connectivity index is 1.42. The molecule has 1 amide bonds. The minimum Gasteiger partial charge on any atom is -0.338 e. The number of benzene rings is 2. The van der Waals surface area contributed by atoms with E-state index in [2.05, 4.69) is 12.1 Å². The van der Waals surface area contributed by atoms with Gasteiger partial charge in [0.2, 0.25) is 15.9 Å². The normalized spacial score (nSPS) is 20.3. The quantitative estimate of drug-likeness (QED) is 0.743. The van der Waals surface area contributed by atoms with Crippen molar-refractivity contribution in [2.75, 3.05) is 19.6 Å². The summed E-state index contributed by atoms with van der Waals surface area (Å²) in [6.07, 6.45) is 2.30. The van der Waals surface area contributed by atoms with E-state index in [4.69, 9.17) is 11.6 Å². The zero-order chi connectivity index (χ0) is 20.4. The number of nitrogens with zero attached hydrogens (tertiary/aromatic N) is 2. The molecule has 0 aliphatic carbocycles. The van der Waals surface area contributed by atoms with Crippen LogP contribution in [-0.2, 0) is 33.5 Å². The summed E-state index contributed by atoms with van der Waals surface area (Å²) in [5, 5.41) is 0.581. The maximum atomic E-state index is 13.1. The average Bonchev–Trinajstić information content (AvgIpc) is 2.74. The first-order valence-electron chi connectivity index (χ1n) is 10.0. The molecule has 0 unspecified atom stereocenters. The molecule has 2 heterocycles. The third-order valence-electron chi connectivity index (χ3n) is 5.83. The Morgan fingerprint density at radius 3 is 2.52 bits per heavy atom. The second-order valence-electron chi connectivity index (χ2n) is 7.86. The number of sulfonamides is 1. The van der Waals surface area contributed by atoms with Crippen molar-refractivity contribution in [1.29, 1.82) is 0 Å². The molecule has 154 valence electrons. The fraction of sp³-hybridized carbons (Fsp3) is 0.409. The van der Waals surface area contributed by atoms with Gasteiger partial charge in [-0.15, -0.1) is 0 Å². The molecule has 1 saturated heterocycles. The predicted octanol–water partition coefficient (Wildman–Crippen LogP) is 3.47. The second kappa shape index (κ2) is 8.46. The van der Waals surface area contributed by atoms with Gasteiger partial charge in [0.25, 0.3) is 0 Å². The van der Waals surface area contributed by atoms with Crippen molar-refractivity contribution in [3.8, 4) is 0 Å². The van der Waals surface area contributed by atoms with Crippen LogP contribution in [0, 0.1) is 5.92 Å². The van der Waals surface area contributed by atoms with Crippen LogP contribution >= 0.6 is 11.6 Å². The highest BCUT2D eigenvalue weighted by Crippen LogP contribution is 2.26. The third-order valence-corrected chi connectivity index (χ3v) is 7.90. The molecule has 29 heavy (non-hydrogen) atoms. The van der Waals surface area contributed by atoms with E-state index in [1.165, 1.54) is 15.4 Å². The van der Waals surface area contributed by atoms with Crippen molar-refractivity contribution in [3.63, 3.8) is 0 Å². The summed E-state index contributed by atoms with van der Waals surface area (Å²) < 4.78 is 27.3. The Morgan fingerprint density at radius 1 is 1.03 bits per heavy atom. The number of amides is 1. The highest BCUT2D eigenvalue weighted by molar-refractivity contribution is 7.88. The van der Waals surface area contributed by atoms with Crippen LogP contribution in [0.4, 0.5) is 0 Å². The molecule has 1 atom stereocenters. The smallest absolute Gasteiger partial charge is 0.227 e. The van der Waals surface area contributed by atoms with E-state index in [1.54, 1.807) is 24.3 Å². The lowest BCUT2D eigenvalue weighted by Gasteiger charge is -2.36. The number of halogens is 1. The molecule has 2 aromatic rings. The molecule has 5 nitrogen and oxygen atoms in total. The monoisotopic (exact) mass is 432 g/mol. The predicted molar refractivity (Wildman–Crippen MR) is 114 cm³/mol. The third kappa shape index (κ3) is 4.65. The van der Waals surface area contributed by atoms with Gasteiger partial charge in [-0.1, -0.05) is 48.0 Å².